The highest BCUT2D eigenvalue weighted by molar-refractivity contribution is 7.47. The van der Waals surface area contributed by atoms with Crippen molar-refractivity contribution in [2.45, 2.75) is 27.2 Å². The van der Waals surface area contributed by atoms with Crippen molar-refractivity contribution in [1.29, 1.82) is 0 Å². The minimum Gasteiger partial charge on any atom is -0.338 e. The van der Waals surface area contributed by atoms with Crippen molar-refractivity contribution in [3.63, 3.8) is 0 Å². The standard InChI is InChI=1S/C6H10N2.C4H11O4P/c1-3-6-4-7-5-8(6)2;1-3-7-9(5,6)8-4-2/h4-5H,3H2,1-2H3;3-4H2,1-2H3,(H,5,6). The summed E-state index contributed by atoms with van der Waals surface area (Å²) >= 11 is 0. The predicted octanol–water partition coefficient (Wildman–Crippen LogP) is 2.14. The molecule has 100 valence electrons. The first-order valence-electron chi connectivity index (χ1n) is 5.53. The van der Waals surface area contributed by atoms with Crippen LogP contribution in [0.25, 0.3) is 0 Å². The molecule has 0 fully saturated rings. The van der Waals surface area contributed by atoms with Gasteiger partial charge in [0.05, 0.1) is 19.5 Å². The lowest BCUT2D eigenvalue weighted by Gasteiger charge is -2.07. The third kappa shape index (κ3) is 7.28. The minimum atomic E-state index is -3.69. The Morgan fingerprint density at radius 1 is 1.35 bits per heavy atom. The first kappa shape index (κ1) is 16.3. The van der Waals surface area contributed by atoms with Gasteiger partial charge in [0.2, 0.25) is 0 Å². The molecule has 0 atom stereocenters. The maximum atomic E-state index is 10.5. The van der Waals surface area contributed by atoms with Crippen LogP contribution >= 0.6 is 7.82 Å². The molecule has 0 amide bonds. The zero-order chi connectivity index (χ0) is 13.3. The van der Waals surface area contributed by atoms with Gasteiger partial charge in [0.1, 0.15) is 0 Å². The second-order valence-corrected chi connectivity index (χ2v) is 4.61. The molecule has 0 unspecified atom stereocenters. The summed E-state index contributed by atoms with van der Waals surface area (Å²) in [7, 11) is -1.69. The van der Waals surface area contributed by atoms with Gasteiger partial charge in [-0.15, -0.1) is 0 Å². The van der Waals surface area contributed by atoms with E-state index in [-0.39, 0.29) is 13.2 Å². The molecule has 0 aliphatic carbocycles. The number of phosphoric acid groups is 1. The molecular weight excluding hydrogens is 243 g/mol. The van der Waals surface area contributed by atoms with Gasteiger partial charge in [-0.05, 0) is 20.3 Å². The largest absolute Gasteiger partial charge is 0.472 e. The molecule has 7 heteroatoms. The van der Waals surface area contributed by atoms with Crippen LogP contribution in [0.1, 0.15) is 26.5 Å². The van der Waals surface area contributed by atoms with Crippen LogP contribution in [-0.2, 0) is 27.1 Å². The maximum absolute atomic E-state index is 10.5. The number of phosphoric ester groups is 1. The zero-order valence-corrected chi connectivity index (χ0v) is 11.7. The van der Waals surface area contributed by atoms with Crippen LogP contribution in [0.15, 0.2) is 12.5 Å². The molecule has 0 saturated heterocycles. The van der Waals surface area contributed by atoms with Crippen molar-refractivity contribution in [1.82, 2.24) is 9.55 Å². The van der Waals surface area contributed by atoms with E-state index in [2.05, 4.69) is 21.0 Å². The van der Waals surface area contributed by atoms with Gasteiger partial charge >= 0.3 is 7.82 Å². The summed E-state index contributed by atoms with van der Waals surface area (Å²) in [6.07, 6.45) is 4.77. The molecule has 1 heterocycles. The van der Waals surface area contributed by atoms with Crippen LogP contribution in [0.4, 0.5) is 0 Å². The van der Waals surface area contributed by atoms with Gasteiger partial charge in [0.25, 0.3) is 0 Å². The van der Waals surface area contributed by atoms with Crippen molar-refractivity contribution in [3.8, 4) is 0 Å². The maximum Gasteiger partial charge on any atom is 0.472 e. The zero-order valence-electron chi connectivity index (χ0n) is 10.8. The summed E-state index contributed by atoms with van der Waals surface area (Å²) in [6.45, 7) is 5.75. The average molecular weight is 264 g/mol. The first-order chi connectivity index (χ1) is 7.96. The Bertz CT molecular complexity index is 344. The Morgan fingerprint density at radius 2 is 1.88 bits per heavy atom. The normalized spacial score (nSPS) is 10.9. The SMILES string of the molecule is CCOP(=O)(O)OCC.CCc1cncn1C. The molecule has 0 spiro atoms. The number of hydrogen-bond acceptors (Lipinski definition) is 4. The summed E-state index contributed by atoms with van der Waals surface area (Å²) in [5.41, 5.74) is 1.28. The number of aromatic nitrogens is 2. The van der Waals surface area contributed by atoms with Crippen molar-refractivity contribution in [2.75, 3.05) is 13.2 Å². The minimum absolute atomic E-state index is 0.188. The van der Waals surface area contributed by atoms with E-state index in [1.54, 1.807) is 13.8 Å². The molecule has 0 radical (unpaired) electrons. The average Bonchev–Trinajstić information content (AvgIpc) is 2.64. The highest BCUT2D eigenvalue weighted by atomic mass is 31.2. The second kappa shape index (κ2) is 8.42. The number of rotatable bonds is 5. The predicted molar refractivity (Wildman–Crippen MR) is 65.7 cm³/mol. The number of imidazole rings is 1. The summed E-state index contributed by atoms with van der Waals surface area (Å²) in [5.74, 6) is 0. The molecule has 1 aromatic rings. The van der Waals surface area contributed by atoms with Crippen molar-refractivity contribution < 1.29 is 18.5 Å². The third-order valence-corrected chi connectivity index (χ3v) is 3.03. The van der Waals surface area contributed by atoms with Crippen LogP contribution in [0.2, 0.25) is 0 Å². The Morgan fingerprint density at radius 3 is 2.12 bits per heavy atom. The topological polar surface area (TPSA) is 73.6 Å². The highest BCUT2D eigenvalue weighted by Gasteiger charge is 2.17. The first-order valence-corrected chi connectivity index (χ1v) is 7.03. The van der Waals surface area contributed by atoms with Crippen molar-refractivity contribution >= 4 is 7.82 Å². The Kier molecular flexibility index (Phi) is 8.08. The van der Waals surface area contributed by atoms with E-state index in [0.29, 0.717) is 0 Å². The summed E-state index contributed by atoms with van der Waals surface area (Å²) < 4.78 is 21.3. The van der Waals surface area contributed by atoms with Gasteiger partial charge in [0, 0.05) is 18.9 Å². The number of hydrogen-bond donors (Lipinski definition) is 1. The number of aryl methyl sites for hydroxylation is 2. The quantitative estimate of drug-likeness (QED) is 0.825. The fourth-order valence-electron chi connectivity index (χ4n) is 1.09. The van der Waals surface area contributed by atoms with Crippen LogP contribution in [0, 0.1) is 0 Å². The third-order valence-electron chi connectivity index (χ3n) is 1.86. The molecule has 1 aromatic heterocycles. The van der Waals surface area contributed by atoms with Crippen molar-refractivity contribution in [3.05, 3.63) is 18.2 Å². The van der Waals surface area contributed by atoms with E-state index in [0.717, 1.165) is 6.42 Å². The lowest BCUT2D eigenvalue weighted by Crippen LogP contribution is -1.93. The van der Waals surface area contributed by atoms with Crippen molar-refractivity contribution in [2.24, 2.45) is 7.05 Å². The lowest BCUT2D eigenvalue weighted by molar-refractivity contribution is 0.161. The van der Waals surface area contributed by atoms with Crippen LogP contribution in [0.3, 0.4) is 0 Å². The van der Waals surface area contributed by atoms with E-state index in [1.807, 2.05) is 24.1 Å². The Balaban J connectivity index is 0.000000302. The molecule has 6 nitrogen and oxygen atoms in total. The monoisotopic (exact) mass is 264 g/mol. The van der Waals surface area contributed by atoms with Crippen LogP contribution in [0.5, 0.6) is 0 Å². The molecular formula is C10H21N2O4P. The molecule has 1 rings (SSSR count). The van der Waals surface area contributed by atoms with Crippen LogP contribution in [-0.4, -0.2) is 27.7 Å². The molecule has 0 saturated carbocycles. The second-order valence-electron chi connectivity index (χ2n) is 3.15. The molecule has 0 aliphatic heterocycles. The van der Waals surface area contributed by atoms with Gasteiger partial charge < -0.3 is 9.46 Å². The summed E-state index contributed by atoms with van der Waals surface area (Å²) in [5, 5.41) is 0. The lowest BCUT2D eigenvalue weighted by atomic mass is 10.4. The Hall–Kier alpha value is -0.680. The summed E-state index contributed by atoms with van der Waals surface area (Å²) in [4.78, 5) is 12.6. The fourth-order valence-corrected chi connectivity index (χ4v) is 1.82. The summed E-state index contributed by atoms with van der Waals surface area (Å²) in [6, 6.07) is 0. The van der Waals surface area contributed by atoms with E-state index >= 15 is 0 Å². The molecule has 17 heavy (non-hydrogen) atoms. The van der Waals surface area contributed by atoms with Gasteiger partial charge in [-0.25, -0.2) is 9.55 Å². The van der Waals surface area contributed by atoms with E-state index in [1.165, 1.54) is 5.69 Å². The highest BCUT2D eigenvalue weighted by Crippen LogP contribution is 2.42. The van der Waals surface area contributed by atoms with Gasteiger partial charge in [-0.2, -0.15) is 0 Å². The van der Waals surface area contributed by atoms with Gasteiger partial charge in [-0.3, -0.25) is 9.05 Å². The van der Waals surface area contributed by atoms with E-state index in [9.17, 15) is 4.57 Å². The molecule has 0 bridgehead atoms. The van der Waals surface area contributed by atoms with Crippen LogP contribution < -0.4 is 0 Å². The number of nitrogens with zero attached hydrogens (tertiary/aromatic N) is 2. The van der Waals surface area contributed by atoms with E-state index < -0.39 is 7.82 Å². The van der Waals surface area contributed by atoms with Gasteiger partial charge in [-0.1, -0.05) is 6.92 Å². The van der Waals surface area contributed by atoms with Gasteiger partial charge in [0.15, 0.2) is 0 Å². The molecule has 0 aliphatic rings. The smallest absolute Gasteiger partial charge is 0.338 e. The fraction of sp³-hybridized carbons (Fsp3) is 0.700. The Labute approximate surface area is 102 Å². The molecule has 1 N–H and O–H groups in total. The van der Waals surface area contributed by atoms with E-state index in [4.69, 9.17) is 4.89 Å². The molecule has 0 aromatic carbocycles.